The minimum atomic E-state index is -0.379. The molecule has 2 aliphatic carbocycles. The van der Waals surface area contributed by atoms with E-state index in [2.05, 4.69) is 91.8 Å². The van der Waals surface area contributed by atoms with Gasteiger partial charge in [0.05, 0.1) is 0 Å². The average Bonchev–Trinajstić information content (AvgIpc) is 3.07. The molecule has 0 aliphatic heterocycles. The molecule has 2 aromatic rings. The number of halogens is 1. The number of fused-ring (bicyclic) bond motifs is 3. The Labute approximate surface area is 224 Å². The maximum atomic E-state index is 15.2. The molecule has 2 aromatic carbocycles. The highest BCUT2D eigenvalue weighted by Gasteiger charge is 2.44. The predicted molar refractivity (Wildman–Crippen MR) is 156 cm³/mol. The third kappa shape index (κ3) is 4.97. The van der Waals surface area contributed by atoms with Crippen molar-refractivity contribution < 1.29 is 9.50 Å². The minimum absolute atomic E-state index is 0.0150. The van der Waals surface area contributed by atoms with Gasteiger partial charge in [0.25, 0.3) is 0 Å². The summed E-state index contributed by atoms with van der Waals surface area (Å²) in [4.78, 5) is 0. The summed E-state index contributed by atoms with van der Waals surface area (Å²) in [6, 6.07) is 9.99. The molecular formula is C35H45FO. The van der Waals surface area contributed by atoms with Gasteiger partial charge in [0.2, 0.25) is 0 Å². The summed E-state index contributed by atoms with van der Waals surface area (Å²) in [7, 11) is 0. The van der Waals surface area contributed by atoms with Crippen LogP contribution >= 0.6 is 0 Å². The lowest BCUT2D eigenvalue weighted by atomic mass is 9.71. The number of rotatable bonds is 2. The Morgan fingerprint density at radius 1 is 0.811 bits per heavy atom. The number of allylic oxidation sites excluding steroid dienone is 6. The van der Waals surface area contributed by atoms with Crippen molar-refractivity contribution in [1.82, 2.24) is 0 Å². The molecule has 3 unspecified atom stereocenters. The van der Waals surface area contributed by atoms with Gasteiger partial charge in [0, 0.05) is 23.0 Å². The van der Waals surface area contributed by atoms with E-state index >= 15 is 4.39 Å². The van der Waals surface area contributed by atoms with Crippen molar-refractivity contribution in [2.75, 3.05) is 0 Å². The topological polar surface area (TPSA) is 20.2 Å². The van der Waals surface area contributed by atoms with E-state index in [0.29, 0.717) is 11.1 Å². The molecule has 2 heteroatoms. The van der Waals surface area contributed by atoms with Gasteiger partial charge in [-0.25, -0.2) is 4.39 Å². The van der Waals surface area contributed by atoms with Crippen molar-refractivity contribution in [3.05, 3.63) is 93.3 Å². The van der Waals surface area contributed by atoms with Gasteiger partial charge < -0.3 is 5.11 Å². The molecule has 0 aromatic heterocycles. The Morgan fingerprint density at radius 2 is 1.46 bits per heavy atom. The quantitative estimate of drug-likeness (QED) is 0.435. The normalized spacial score (nSPS) is 21.4. The van der Waals surface area contributed by atoms with E-state index in [-0.39, 0.29) is 45.6 Å². The van der Waals surface area contributed by atoms with Crippen LogP contribution in [0.5, 0.6) is 5.75 Å². The fourth-order valence-corrected chi connectivity index (χ4v) is 6.11. The number of hydrogen-bond donors (Lipinski definition) is 1. The van der Waals surface area contributed by atoms with Crippen LogP contribution in [-0.2, 0) is 10.8 Å². The molecule has 0 heterocycles. The minimum Gasteiger partial charge on any atom is -0.507 e. The standard InChI is InChI=1S/C35H45FO/c1-20(2)30(28-18-23(36)19-29(32(28)37)35(9,10)11)31-26-16-21(33(3,4)5)12-14-24(26)25-15-13-22(17-27(25)31)34(6,7)8/h12-19,24,26,31,37H,1-11H3. The fourth-order valence-electron chi connectivity index (χ4n) is 6.11. The van der Waals surface area contributed by atoms with Gasteiger partial charge in [0.15, 0.2) is 0 Å². The lowest BCUT2D eigenvalue weighted by molar-refractivity contribution is 0.439. The molecule has 198 valence electrons. The smallest absolute Gasteiger partial charge is 0.127 e. The molecular weight excluding hydrogens is 455 g/mol. The van der Waals surface area contributed by atoms with Crippen LogP contribution in [0.4, 0.5) is 4.39 Å². The lowest BCUT2D eigenvalue weighted by Crippen LogP contribution is -2.19. The summed E-state index contributed by atoms with van der Waals surface area (Å²) < 4.78 is 15.2. The van der Waals surface area contributed by atoms with Crippen molar-refractivity contribution in [2.45, 2.75) is 98.8 Å². The van der Waals surface area contributed by atoms with Crippen LogP contribution in [0, 0.1) is 17.2 Å². The van der Waals surface area contributed by atoms with Crippen molar-refractivity contribution in [2.24, 2.45) is 11.3 Å². The average molecular weight is 501 g/mol. The zero-order valence-electron chi connectivity index (χ0n) is 24.7. The summed E-state index contributed by atoms with van der Waals surface area (Å²) in [6.07, 6.45) is 7.12. The van der Waals surface area contributed by atoms with Crippen LogP contribution in [0.2, 0.25) is 0 Å². The first kappa shape index (κ1) is 27.4. The lowest BCUT2D eigenvalue weighted by Gasteiger charge is -2.32. The van der Waals surface area contributed by atoms with Crippen molar-refractivity contribution >= 4 is 5.57 Å². The Hall–Kier alpha value is -2.61. The van der Waals surface area contributed by atoms with E-state index in [1.54, 1.807) is 6.07 Å². The van der Waals surface area contributed by atoms with E-state index < -0.39 is 0 Å². The Kier molecular flexibility index (Phi) is 6.67. The third-order valence-electron chi connectivity index (χ3n) is 8.19. The molecule has 0 radical (unpaired) electrons. The summed E-state index contributed by atoms with van der Waals surface area (Å²) in [6.45, 7) is 23.8. The first-order valence-corrected chi connectivity index (χ1v) is 13.7. The van der Waals surface area contributed by atoms with Crippen molar-refractivity contribution in [3.63, 3.8) is 0 Å². The van der Waals surface area contributed by atoms with E-state index in [1.165, 1.54) is 28.3 Å². The molecule has 0 saturated carbocycles. The first-order valence-electron chi connectivity index (χ1n) is 13.7. The zero-order valence-corrected chi connectivity index (χ0v) is 24.7. The number of phenolic OH excluding ortho intramolecular Hbond substituents is 1. The summed E-state index contributed by atoms with van der Waals surface area (Å²) in [5, 5.41) is 11.6. The van der Waals surface area contributed by atoms with Gasteiger partial charge in [-0.2, -0.15) is 0 Å². The highest BCUT2D eigenvalue weighted by atomic mass is 19.1. The molecule has 0 amide bonds. The zero-order chi connectivity index (χ0) is 27.7. The van der Waals surface area contributed by atoms with Crippen molar-refractivity contribution in [1.29, 1.82) is 0 Å². The van der Waals surface area contributed by atoms with Crippen LogP contribution in [0.15, 0.2) is 59.7 Å². The third-order valence-corrected chi connectivity index (χ3v) is 8.19. The Balaban J connectivity index is 2.03. The maximum Gasteiger partial charge on any atom is 0.127 e. The van der Waals surface area contributed by atoms with Gasteiger partial charge in [0.1, 0.15) is 11.6 Å². The second kappa shape index (κ2) is 9.00. The summed E-state index contributed by atoms with van der Waals surface area (Å²) in [5.74, 6) is 0.384. The first-order chi connectivity index (χ1) is 16.9. The van der Waals surface area contributed by atoms with Crippen LogP contribution in [0.1, 0.15) is 116 Å². The van der Waals surface area contributed by atoms with E-state index in [0.717, 1.165) is 11.1 Å². The molecule has 37 heavy (non-hydrogen) atoms. The highest BCUT2D eigenvalue weighted by molar-refractivity contribution is 5.81. The van der Waals surface area contributed by atoms with Gasteiger partial charge in [-0.3, -0.25) is 0 Å². The van der Waals surface area contributed by atoms with Gasteiger partial charge in [-0.05, 0) is 76.0 Å². The van der Waals surface area contributed by atoms with Gasteiger partial charge >= 0.3 is 0 Å². The SMILES string of the molecule is CC(C)=C(c1cc(F)cc(C(C)(C)C)c1O)C1c2cc(C(C)(C)C)ccc2C2C=CC(C(C)(C)C)=CC21. The Bertz CT molecular complexity index is 1310. The number of aromatic hydroxyl groups is 1. The summed E-state index contributed by atoms with van der Waals surface area (Å²) in [5.41, 5.74) is 8.36. The predicted octanol–water partition coefficient (Wildman–Crippen LogP) is 9.96. The highest BCUT2D eigenvalue weighted by Crippen LogP contribution is 2.58. The number of hydrogen-bond acceptors (Lipinski definition) is 1. The molecule has 3 atom stereocenters. The molecule has 0 fully saturated rings. The van der Waals surface area contributed by atoms with Crippen LogP contribution in [0.3, 0.4) is 0 Å². The summed E-state index contributed by atoms with van der Waals surface area (Å²) >= 11 is 0. The molecule has 2 aliphatic rings. The largest absolute Gasteiger partial charge is 0.507 e. The van der Waals surface area contributed by atoms with Crippen molar-refractivity contribution in [3.8, 4) is 5.75 Å². The second-order valence-electron chi connectivity index (χ2n) is 14.4. The van der Waals surface area contributed by atoms with E-state index in [4.69, 9.17) is 0 Å². The fraction of sp³-hybridized carbons (Fsp3) is 0.486. The number of benzene rings is 2. The van der Waals surface area contributed by atoms with E-state index in [1.807, 2.05) is 20.8 Å². The van der Waals surface area contributed by atoms with Crippen LogP contribution < -0.4 is 0 Å². The monoisotopic (exact) mass is 500 g/mol. The van der Waals surface area contributed by atoms with Gasteiger partial charge in [-0.1, -0.05) is 104 Å². The molecule has 1 nitrogen and oxygen atoms in total. The number of phenols is 1. The van der Waals surface area contributed by atoms with Crippen LogP contribution in [-0.4, -0.2) is 5.11 Å². The molecule has 1 N–H and O–H groups in total. The molecule has 0 bridgehead atoms. The molecule has 0 spiro atoms. The Morgan fingerprint density at radius 3 is 2.00 bits per heavy atom. The maximum absolute atomic E-state index is 15.2. The molecule has 4 rings (SSSR count). The van der Waals surface area contributed by atoms with Gasteiger partial charge in [-0.15, -0.1) is 0 Å². The molecule has 0 saturated heterocycles. The van der Waals surface area contributed by atoms with E-state index in [9.17, 15) is 5.11 Å². The second-order valence-corrected chi connectivity index (χ2v) is 14.4. The van der Waals surface area contributed by atoms with Crippen LogP contribution in [0.25, 0.3) is 5.57 Å².